The van der Waals surface area contributed by atoms with Crippen molar-refractivity contribution in [2.75, 3.05) is 0 Å². The van der Waals surface area contributed by atoms with E-state index in [1.807, 2.05) is 6.07 Å². The van der Waals surface area contributed by atoms with Crippen LogP contribution in [0.25, 0.3) is 16.0 Å². The molecule has 5 rings (SSSR count). The van der Waals surface area contributed by atoms with Crippen molar-refractivity contribution in [1.82, 2.24) is 0 Å². The maximum absolute atomic E-state index is 7.56. The fraction of sp³-hybridized carbons (Fsp3) is 0.0385. The molecule has 0 bridgehead atoms. The molecule has 2 heteroatoms. The second-order valence-corrected chi connectivity index (χ2v) is 7.93. The summed E-state index contributed by atoms with van der Waals surface area (Å²) in [6.45, 7) is 7.56. The summed E-state index contributed by atoms with van der Waals surface area (Å²) < 4.78 is 1.06. The Morgan fingerprint density at radius 1 is 0.643 bits per heavy atom. The van der Waals surface area contributed by atoms with Gasteiger partial charge in [0.05, 0.1) is 12.0 Å². The van der Waals surface area contributed by atoms with Gasteiger partial charge in [-0.1, -0.05) is 101 Å². The van der Waals surface area contributed by atoms with E-state index in [9.17, 15) is 0 Å². The fourth-order valence-electron chi connectivity index (χ4n) is 4.52. The lowest BCUT2D eigenvalue weighted by molar-refractivity contribution is 0.768. The molecule has 0 saturated heterocycles. The van der Waals surface area contributed by atoms with Crippen molar-refractivity contribution in [3.8, 4) is 11.1 Å². The van der Waals surface area contributed by atoms with Crippen LogP contribution in [0.15, 0.2) is 102 Å². The van der Waals surface area contributed by atoms with Crippen LogP contribution in [0.5, 0.6) is 0 Å². The summed E-state index contributed by atoms with van der Waals surface area (Å²) in [4.78, 5) is 3.72. The Kier molecular flexibility index (Phi) is 3.93. The van der Waals surface area contributed by atoms with Crippen LogP contribution in [0, 0.1) is 6.57 Å². The number of halogens is 1. The van der Waals surface area contributed by atoms with E-state index in [2.05, 4.69) is 112 Å². The third kappa shape index (κ3) is 2.30. The van der Waals surface area contributed by atoms with E-state index in [4.69, 9.17) is 6.57 Å². The molecule has 28 heavy (non-hydrogen) atoms. The summed E-state index contributed by atoms with van der Waals surface area (Å²) in [7, 11) is 0. The van der Waals surface area contributed by atoms with Gasteiger partial charge in [0.1, 0.15) is 0 Å². The molecule has 0 heterocycles. The number of hydrogen-bond acceptors (Lipinski definition) is 0. The molecule has 132 valence electrons. The summed E-state index contributed by atoms with van der Waals surface area (Å²) >= 11 is 3.69. The average Bonchev–Trinajstić information content (AvgIpc) is 3.04. The standard InChI is InChI=1S/C26H16BrN/c1-28-21-13-15-23-22-14-12-20(27)16-24(22)26(25(23)17-21,18-8-4-2-5-9-18)19-10-6-3-7-11-19/h2-17H. The Labute approximate surface area is 173 Å². The molecule has 1 nitrogen and oxygen atoms in total. The third-order valence-corrected chi connectivity index (χ3v) is 6.12. The number of nitrogens with zero attached hydrogens (tertiary/aromatic N) is 1. The van der Waals surface area contributed by atoms with Crippen LogP contribution in [0.1, 0.15) is 22.3 Å². The van der Waals surface area contributed by atoms with Gasteiger partial charge in [-0.15, -0.1) is 0 Å². The Balaban J connectivity index is 2.00. The number of benzene rings is 4. The number of fused-ring (bicyclic) bond motifs is 3. The first kappa shape index (κ1) is 17.0. The van der Waals surface area contributed by atoms with E-state index in [-0.39, 0.29) is 0 Å². The van der Waals surface area contributed by atoms with E-state index in [1.54, 1.807) is 0 Å². The molecule has 4 aromatic rings. The highest BCUT2D eigenvalue weighted by Crippen LogP contribution is 2.57. The lowest BCUT2D eigenvalue weighted by Gasteiger charge is -2.34. The van der Waals surface area contributed by atoms with Crippen LogP contribution in [0.3, 0.4) is 0 Å². The number of rotatable bonds is 2. The van der Waals surface area contributed by atoms with E-state index in [1.165, 1.54) is 33.4 Å². The zero-order chi connectivity index (χ0) is 19.1. The molecule has 0 unspecified atom stereocenters. The lowest BCUT2D eigenvalue weighted by Crippen LogP contribution is -2.28. The maximum atomic E-state index is 7.56. The van der Waals surface area contributed by atoms with Gasteiger partial charge < -0.3 is 0 Å². The van der Waals surface area contributed by atoms with Gasteiger partial charge in [-0.3, -0.25) is 0 Å². The van der Waals surface area contributed by atoms with Crippen molar-refractivity contribution in [3.05, 3.63) is 135 Å². The molecule has 0 atom stereocenters. The first-order valence-corrected chi connectivity index (χ1v) is 9.98. The predicted octanol–water partition coefficient (Wildman–Crippen LogP) is 7.36. The van der Waals surface area contributed by atoms with Gasteiger partial charge in [-0.25, -0.2) is 4.85 Å². The Bertz CT molecular complexity index is 1180. The first-order valence-electron chi connectivity index (χ1n) is 9.18. The average molecular weight is 422 g/mol. The summed E-state index contributed by atoms with van der Waals surface area (Å²) in [5, 5.41) is 0. The monoisotopic (exact) mass is 421 g/mol. The summed E-state index contributed by atoms with van der Waals surface area (Å²) in [5.41, 5.74) is 7.48. The molecule has 0 amide bonds. The van der Waals surface area contributed by atoms with Gasteiger partial charge >= 0.3 is 0 Å². The summed E-state index contributed by atoms with van der Waals surface area (Å²) in [5.74, 6) is 0. The molecule has 0 aromatic heterocycles. The van der Waals surface area contributed by atoms with Crippen LogP contribution in [0.4, 0.5) is 5.69 Å². The van der Waals surface area contributed by atoms with Crippen LogP contribution in [-0.2, 0) is 5.41 Å². The van der Waals surface area contributed by atoms with Crippen LogP contribution in [-0.4, -0.2) is 0 Å². The quantitative estimate of drug-likeness (QED) is 0.262. The molecular weight excluding hydrogens is 406 g/mol. The van der Waals surface area contributed by atoms with Crippen LogP contribution < -0.4 is 0 Å². The Morgan fingerprint density at radius 2 is 1.18 bits per heavy atom. The largest absolute Gasteiger partial charge is 0.238 e. The highest BCUT2D eigenvalue weighted by atomic mass is 79.9. The minimum absolute atomic E-state index is 0.447. The molecule has 0 saturated carbocycles. The molecule has 0 radical (unpaired) electrons. The van der Waals surface area contributed by atoms with E-state index in [0.29, 0.717) is 5.69 Å². The normalized spacial score (nSPS) is 13.4. The van der Waals surface area contributed by atoms with Gasteiger partial charge in [0.25, 0.3) is 0 Å². The lowest BCUT2D eigenvalue weighted by atomic mass is 9.67. The van der Waals surface area contributed by atoms with E-state index < -0.39 is 5.41 Å². The molecule has 0 N–H and O–H groups in total. The SMILES string of the molecule is [C-]#[N+]c1ccc2c(c1)C(c1ccccc1)(c1ccccc1)c1cc(Br)ccc1-2. The smallest absolute Gasteiger partial charge is 0.187 e. The van der Waals surface area contributed by atoms with E-state index >= 15 is 0 Å². The molecular formula is C26H16BrN. The molecule has 1 aliphatic rings. The predicted molar refractivity (Wildman–Crippen MR) is 118 cm³/mol. The molecule has 4 aromatic carbocycles. The van der Waals surface area contributed by atoms with Crippen molar-refractivity contribution in [2.45, 2.75) is 5.41 Å². The van der Waals surface area contributed by atoms with E-state index in [0.717, 1.165) is 4.47 Å². The fourth-order valence-corrected chi connectivity index (χ4v) is 4.88. The highest BCUT2D eigenvalue weighted by Gasteiger charge is 2.46. The van der Waals surface area contributed by atoms with Crippen LogP contribution >= 0.6 is 15.9 Å². The molecule has 0 fully saturated rings. The van der Waals surface area contributed by atoms with Crippen molar-refractivity contribution >= 4 is 21.6 Å². The zero-order valence-corrected chi connectivity index (χ0v) is 16.6. The van der Waals surface area contributed by atoms with Crippen LogP contribution in [0.2, 0.25) is 0 Å². The third-order valence-electron chi connectivity index (χ3n) is 5.63. The van der Waals surface area contributed by atoms with Gasteiger partial charge in [0, 0.05) is 4.47 Å². The van der Waals surface area contributed by atoms with Gasteiger partial charge in [-0.05, 0) is 45.5 Å². The molecule has 1 aliphatic carbocycles. The Morgan fingerprint density at radius 3 is 1.75 bits per heavy atom. The minimum Gasteiger partial charge on any atom is -0.238 e. The summed E-state index contributed by atoms with van der Waals surface area (Å²) in [6, 6.07) is 33.8. The van der Waals surface area contributed by atoms with Gasteiger partial charge in [0.2, 0.25) is 0 Å². The molecule has 0 aliphatic heterocycles. The Hall–Kier alpha value is -3.15. The number of hydrogen-bond donors (Lipinski definition) is 0. The second-order valence-electron chi connectivity index (χ2n) is 7.01. The first-order chi connectivity index (χ1) is 13.7. The highest BCUT2D eigenvalue weighted by molar-refractivity contribution is 9.10. The van der Waals surface area contributed by atoms with Crippen molar-refractivity contribution < 1.29 is 0 Å². The van der Waals surface area contributed by atoms with Gasteiger partial charge in [0.15, 0.2) is 5.69 Å². The maximum Gasteiger partial charge on any atom is 0.187 e. The van der Waals surface area contributed by atoms with Crippen molar-refractivity contribution in [1.29, 1.82) is 0 Å². The minimum atomic E-state index is -0.447. The second kappa shape index (κ2) is 6.48. The summed E-state index contributed by atoms with van der Waals surface area (Å²) in [6.07, 6.45) is 0. The van der Waals surface area contributed by atoms with Crippen molar-refractivity contribution in [2.24, 2.45) is 0 Å². The molecule has 0 spiro atoms. The topological polar surface area (TPSA) is 4.36 Å². The van der Waals surface area contributed by atoms with Gasteiger partial charge in [-0.2, -0.15) is 0 Å². The zero-order valence-electron chi connectivity index (χ0n) is 15.1. The van der Waals surface area contributed by atoms with Crippen molar-refractivity contribution in [3.63, 3.8) is 0 Å².